The predicted molar refractivity (Wildman–Crippen MR) is 74.6 cm³/mol. The molecule has 0 spiro atoms. The van der Waals surface area contributed by atoms with Gasteiger partial charge in [-0.1, -0.05) is 52.4 Å². The summed E-state index contributed by atoms with van der Waals surface area (Å²) in [6.07, 6.45) is 13.5. The van der Waals surface area contributed by atoms with Gasteiger partial charge in [-0.2, -0.15) is 0 Å². The van der Waals surface area contributed by atoms with Crippen molar-refractivity contribution < 1.29 is 9.47 Å². The summed E-state index contributed by atoms with van der Waals surface area (Å²) >= 11 is 0. The van der Waals surface area contributed by atoms with Crippen LogP contribution in [-0.4, -0.2) is 18.5 Å². The highest BCUT2D eigenvalue weighted by molar-refractivity contribution is 4.96. The van der Waals surface area contributed by atoms with Gasteiger partial charge in [0, 0.05) is 6.42 Å². The lowest BCUT2D eigenvalue weighted by molar-refractivity contribution is -0.0564. The molecule has 0 bridgehead atoms. The Kier molecular flexibility index (Phi) is 5.50. The molecule has 2 aliphatic heterocycles. The number of ether oxygens (including phenoxy) is 2. The van der Waals surface area contributed by atoms with Crippen molar-refractivity contribution in [2.75, 3.05) is 6.61 Å². The third-order valence-corrected chi connectivity index (χ3v) is 4.65. The normalized spacial score (nSPS) is 32.0. The van der Waals surface area contributed by atoms with E-state index in [0.29, 0.717) is 6.10 Å². The van der Waals surface area contributed by atoms with E-state index in [2.05, 4.69) is 13.8 Å². The van der Waals surface area contributed by atoms with Gasteiger partial charge in [0.15, 0.2) is 5.79 Å². The lowest BCUT2D eigenvalue weighted by Gasteiger charge is -2.17. The third kappa shape index (κ3) is 3.96. The molecule has 2 rings (SSSR count). The van der Waals surface area contributed by atoms with Gasteiger partial charge in [-0.05, 0) is 25.2 Å². The van der Waals surface area contributed by atoms with Crippen LogP contribution in [0.25, 0.3) is 0 Å². The Labute approximate surface area is 112 Å². The van der Waals surface area contributed by atoms with Gasteiger partial charge in [0.25, 0.3) is 0 Å². The minimum absolute atomic E-state index is 0.116. The van der Waals surface area contributed by atoms with Gasteiger partial charge in [0.2, 0.25) is 0 Å². The Morgan fingerprint density at radius 2 is 1.94 bits per heavy atom. The second-order valence-corrected chi connectivity index (χ2v) is 6.23. The van der Waals surface area contributed by atoms with Crippen molar-refractivity contribution in [3.8, 4) is 0 Å². The summed E-state index contributed by atoms with van der Waals surface area (Å²) in [5.41, 5.74) is 0. The van der Waals surface area contributed by atoms with E-state index in [1.165, 1.54) is 57.8 Å². The summed E-state index contributed by atoms with van der Waals surface area (Å²) in [4.78, 5) is 0. The second-order valence-electron chi connectivity index (χ2n) is 6.23. The Balaban J connectivity index is 1.43. The van der Waals surface area contributed by atoms with Crippen LogP contribution in [0.3, 0.4) is 0 Å². The van der Waals surface area contributed by atoms with Crippen molar-refractivity contribution in [1.29, 1.82) is 0 Å². The first-order chi connectivity index (χ1) is 8.77. The van der Waals surface area contributed by atoms with Crippen LogP contribution in [0, 0.1) is 5.92 Å². The minimum Gasteiger partial charge on any atom is -0.347 e. The third-order valence-electron chi connectivity index (χ3n) is 4.65. The maximum Gasteiger partial charge on any atom is 0.195 e. The molecule has 0 aromatic carbocycles. The summed E-state index contributed by atoms with van der Waals surface area (Å²) in [5.74, 6) is 0.801. The molecule has 2 heteroatoms. The molecule has 0 saturated carbocycles. The Hall–Kier alpha value is -0.0800. The van der Waals surface area contributed by atoms with Crippen molar-refractivity contribution in [1.82, 2.24) is 0 Å². The van der Waals surface area contributed by atoms with Gasteiger partial charge < -0.3 is 9.47 Å². The largest absolute Gasteiger partial charge is 0.347 e. The topological polar surface area (TPSA) is 21.8 Å². The quantitative estimate of drug-likeness (QED) is 0.440. The molecule has 0 N–H and O–H groups in total. The van der Waals surface area contributed by atoms with E-state index in [-0.39, 0.29) is 5.79 Å². The molecule has 0 radical (unpaired) electrons. The minimum atomic E-state index is -0.116. The molecule has 0 aliphatic carbocycles. The highest BCUT2D eigenvalue weighted by atomic mass is 16.8. The lowest BCUT2D eigenvalue weighted by Crippen LogP contribution is -2.24. The lowest BCUT2D eigenvalue weighted by atomic mass is 9.99. The molecule has 3 atom stereocenters. The zero-order valence-corrected chi connectivity index (χ0v) is 12.2. The van der Waals surface area contributed by atoms with Crippen molar-refractivity contribution in [2.45, 2.75) is 89.9 Å². The van der Waals surface area contributed by atoms with Crippen LogP contribution < -0.4 is 0 Å². The van der Waals surface area contributed by atoms with Crippen LogP contribution >= 0.6 is 0 Å². The Bertz CT molecular complexity index is 241. The zero-order valence-electron chi connectivity index (χ0n) is 12.2. The molecule has 3 unspecified atom stereocenters. The smallest absolute Gasteiger partial charge is 0.195 e. The van der Waals surface area contributed by atoms with Crippen molar-refractivity contribution in [3.63, 3.8) is 0 Å². The van der Waals surface area contributed by atoms with Gasteiger partial charge in [0.05, 0.1) is 6.61 Å². The first-order valence-electron chi connectivity index (χ1n) is 8.08. The van der Waals surface area contributed by atoms with Crippen LogP contribution in [0.4, 0.5) is 0 Å². The number of hydrogen-bond donors (Lipinski definition) is 0. The average molecular weight is 254 g/mol. The van der Waals surface area contributed by atoms with Crippen molar-refractivity contribution in [2.24, 2.45) is 5.92 Å². The van der Waals surface area contributed by atoms with Gasteiger partial charge in [-0.3, -0.25) is 0 Å². The fraction of sp³-hybridized carbons (Fsp3) is 1.00. The number of hydrogen-bond acceptors (Lipinski definition) is 2. The first-order valence-corrected chi connectivity index (χ1v) is 8.08. The summed E-state index contributed by atoms with van der Waals surface area (Å²) in [6, 6.07) is 0. The SMILES string of the molecule is CCC(C)CCCCCCCC12OCCCC1O2. The van der Waals surface area contributed by atoms with E-state index < -0.39 is 0 Å². The highest BCUT2D eigenvalue weighted by Gasteiger charge is 2.58. The van der Waals surface area contributed by atoms with Crippen LogP contribution in [0.1, 0.15) is 78.1 Å². The zero-order chi connectivity index (χ0) is 12.8. The van der Waals surface area contributed by atoms with Crippen LogP contribution in [-0.2, 0) is 9.47 Å². The average Bonchev–Trinajstić information content (AvgIpc) is 3.11. The van der Waals surface area contributed by atoms with Crippen molar-refractivity contribution >= 4 is 0 Å². The molecule has 106 valence electrons. The summed E-state index contributed by atoms with van der Waals surface area (Å²) in [5, 5.41) is 0. The number of unbranched alkanes of at least 4 members (excludes halogenated alkanes) is 4. The fourth-order valence-electron chi connectivity index (χ4n) is 3.02. The van der Waals surface area contributed by atoms with Gasteiger partial charge in [-0.25, -0.2) is 0 Å². The molecular weight excluding hydrogens is 224 g/mol. The van der Waals surface area contributed by atoms with Gasteiger partial charge in [-0.15, -0.1) is 0 Å². The van der Waals surface area contributed by atoms with Gasteiger partial charge in [0.1, 0.15) is 6.10 Å². The predicted octanol–water partition coefficient (Wildman–Crippen LogP) is 4.67. The number of fused-ring (bicyclic) bond motifs is 1. The molecule has 2 heterocycles. The molecular formula is C16H30O2. The second kappa shape index (κ2) is 6.91. The Morgan fingerprint density at radius 1 is 1.17 bits per heavy atom. The molecule has 2 fully saturated rings. The van der Waals surface area contributed by atoms with E-state index in [0.717, 1.165) is 18.9 Å². The van der Waals surface area contributed by atoms with Crippen LogP contribution in [0.15, 0.2) is 0 Å². The molecule has 2 nitrogen and oxygen atoms in total. The standard InChI is InChI=1S/C16H30O2/c1-3-14(2)10-7-5-4-6-8-12-16-15(18-16)11-9-13-17-16/h14-15H,3-13H2,1-2H3. The first kappa shape index (κ1) is 14.3. The maximum absolute atomic E-state index is 5.79. The van der Waals surface area contributed by atoms with Crippen molar-refractivity contribution in [3.05, 3.63) is 0 Å². The summed E-state index contributed by atoms with van der Waals surface area (Å²) in [6.45, 7) is 5.57. The highest BCUT2D eigenvalue weighted by Crippen LogP contribution is 2.47. The van der Waals surface area contributed by atoms with E-state index in [4.69, 9.17) is 9.47 Å². The summed E-state index contributed by atoms with van der Waals surface area (Å²) in [7, 11) is 0. The monoisotopic (exact) mass is 254 g/mol. The van der Waals surface area contributed by atoms with E-state index in [1.54, 1.807) is 0 Å². The molecule has 0 aromatic rings. The summed E-state index contributed by atoms with van der Waals surface area (Å²) < 4.78 is 11.5. The molecule has 18 heavy (non-hydrogen) atoms. The van der Waals surface area contributed by atoms with Crippen LogP contribution in [0.5, 0.6) is 0 Å². The van der Waals surface area contributed by atoms with E-state index >= 15 is 0 Å². The number of epoxide rings is 1. The molecule has 0 aromatic heterocycles. The maximum atomic E-state index is 5.79. The fourth-order valence-corrected chi connectivity index (χ4v) is 3.02. The molecule has 2 saturated heterocycles. The number of rotatable bonds is 9. The van der Waals surface area contributed by atoms with Gasteiger partial charge >= 0.3 is 0 Å². The Morgan fingerprint density at radius 3 is 2.72 bits per heavy atom. The molecule has 0 amide bonds. The molecule has 2 aliphatic rings. The van der Waals surface area contributed by atoms with Crippen LogP contribution in [0.2, 0.25) is 0 Å². The van der Waals surface area contributed by atoms with E-state index in [9.17, 15) is 0 Å². The van der Waals surface area contributed by atoms with E-state index in [1.807, 2.05) is 0 Å².